The summed E-state index contributed by atoms with van der Waals surface area (Å²) >= 11 is 5.79. The van der Waals surface area contributed by atoms with E-state index in [-0.39, 0.29) is 16.6 Å². The molecule has 2 aromatic rings. The van der Waals surface area contributed by atoms with Crippen molar-refractivity contribution in [3.05, 3.63) is 41.6 Å². The highest BCUT2D eigenvalue weighted by molar-refractivity contribution is 6.31. The Morgan fingerprint density at radius 2 is 2.19 bits per heavy atom. The van der Waals surface area contributed by atoms with Crippen LogP contribution < -0.4 is 10.5 Å². The maximum atomic E-state index is 12.8. The predicted octanol–water partition coefficient (Wildman–Crippen LogP) is 2.64. The summed E-state index contributed by atoms with van der Waals surface area (Å²) in [5, 5.41) is 0.256. The van der Waals surface area contributed by atoms with Crippen LogP contribution in [0.15, 0.2) is 30.7 Å². The molecule has 82 valence electrons. The fourth-order valence-electron chi connectivity index (χ4n) is 1.09. The number of aromatic nitrogens is 2. The van der Waals surface area contributed by atoms with Gasteiger partial charge in [0.15, 0.2) is 5.75 Å². The molecule has 0 amide bonds. The molecule has 0 aliphatic heterocycles. The first kappa shape index (κ1) is 10.6. The van der Waals surface area contributed by atoms with Gasteiger partial charge in [-0.3, -0.25) is 0 Å². The first-order chi connectivity index (χ1) is 7.66. The van der Waals surface area contributed by atoms with Gasteiger partial charge in [0.25, 0.3) is 0 Å². The van der Waals surface area contributed by atoms with Crippen molar-refractivity contribution in [2.75, 3.05) is 5.73 Å². The van der Waals surface area contributed by atoms with E-state index in [4.69, 9.17) is 22.1 Å². The number of ether oxygens (including phenoxy) is 1. The number of nitrogens with two attached hydrogens (primary N) is 1. The Kier molecular flexibility index (Phi) is 2.87. The van der Waals surface area contributed by atoms with Crippen LogP contribution in [-0.2, 0) is 0 Å². The van der Waals surface area contributed by atoms with Gasteiger partial charge < -0.3 is 10.5 Å². The fraction of sp³-hybridized carbons (Fsp3) is 0. The Labute approximate surface area is 95.9 Å². The van der Waals surface area contributed by atoms with Crippen LogP contribution in [0.2, 0.25) is 5.02 Å². The SMILES string of the molecule is Nc1cc(F)ccc1Oc1ncncc1Cl. The Hall–Kier alpha value is -1.88. The Bertz CT molecular complexity index is 521. The van der Waals surface area contributed by atoms with Crippen molar-refractivity contribution < 1.29 is 9.13 Å². The summed E-state index contributed by atoms with van der Waals surface area (Å²) < 4.78 is 18.1. The van der Waals surface area contributed by atoms with Crippen LogP contribution in [0.3, 0.4) is 0 Å². The van der Waals surface area contributed by atoms with Crippen molar-refractivity contribution in [2.24, 2.45) is 0 Å². The molecule has 0 aliphatic carbocycles. The Morgan fingerprint density at radius 1 is 1.38 bits per heavy atom. The lowest BCUT2D eigenvalue weighted by Crippen LogP contribution is -1.95. The molecule has 0 atom stereocenters. The quantitative estimate of drug-likeness (QED) is 0.819. The molecular weight excluding hydrogens is 233 g/mol. The molecule has 1 aromatic heterocycles. The van der Waals surface area contributed by atoms with Gasteiger partial charge in [0.05, 0.1) is 11.9 Å². The van der Waals surface area contributed by atoms with E-state index in [2.05, 4.69) is 9.97 Å². The average Bonchev–Trinajstić information content (AvgIpc) is 2.25. The van der Waals surface area contributed by atoms with Crippen molar-refractivity contribution in [1.82, 2.24) is 9.97 Å². The first-order valence-corrected chi connectivity index (χ1v) is 4.73. The van der Waals surface area contributed by atoms with Gasteiger partial charge in [-0.25, -0.2) is 14.4 Å². The standard InChI is InChI=1S/C10H7ClFN3O/c11-7-4-14-5-15-10(7)16-9-2-1-6(12)3-8(9)13/h1-5H,13H2. The number of benzene rings is 1. The monoisotopic (exact) mass is 239 g/mol. The van der Waals surface area contributed by atoms with Crippen LogP contribution in [0, 0.1) is 5.82 Å². The minimum Gasteiger partial charge on any atom is -0.435 e. The van der Waals surface area contributed by atoms with Crippen LogP contribution in [0.1, 0.15) is 0 Å². The number of rotatable bonds is 2. The number of hydrogen-bond donors (Lipinski definition) is 1. The van der Waals surface area contributed by atoms with Gasteiger partial charge >= 0.3 is 0 Å². The summed E-state index contributed by atoms with van der Waals surface area (Å²) in [6.45, 7) is 0. The van der Waals surface area contributed by atoms with Crippen LogP contribution >= 0.6 is 11.6 Å². The predicted molar refractivity (Wildman–Crippen MR) is 57.9 cm³/mol. The summed E-state index contributed by atoms with van der Waals surface area (Å²) in [4.78, 5) is 7.53. The zero-order valence-corrected chi connectivity index (χ0v) is 8.78. The maximum Gasteiger partial charge on any atom is 0.241 e. The lowest BCUT2D eigenvalue weighted by molar-refractivity contribution is 0.462. The maximum absolute atomic E-state index is 12.8. The average molecular weight is 240 g/mol. The molecule has 2 N–H and O–H groups in total. The third kappa shape index (κ3) is 2.20. The van der Waals surface area contributed by atoms with E-state index in [9.17, 15) is 4.39 Å². The highest BCUT2D eigenvalue weighted by atomic mass is 35.5. The van der Waals surface area contributed by atoms with Crippen LogP contribution in [0.4, 0.5) is 10.1 Å². The zero-order chi connectivity index (χ0) is 11.5. The number of hydrogen-bond acceptors (Lipinski definition) is 4. The molecule has 0 bridgehead atoms. The summed E-state index contributed by atoms with van der Waals surface area (Å²) in [6.07, 6.45) is 2.69. The number of anilines is 1. The summed E-state index contributed by atoms with van der Waals surface area (Å²) in [5.41, 5.74) is 5.74. The highest BCUT2D eigenvalue weighted by Crippen LogP contribution is 2.30. The van der Waals surface area contributed by atoms with E-state index in [0.717, 1.165) is 6.07 Å². The molecule has 0 unspecified atom stereocenters. The van der Waals surface area contributed by atoms with Gasteiger partial charge in [0, 0.05) is 6.07 Å². The van der Waals surface area contributed by atoms with Crippen molar-refractivity contribution >= 4 is 17.3 Å². The van der Waals surface area contributed by atoms with Gasteiger partial charge in [-0.05, 0) is 12.1 Å². The van der Waals surface area contributed by atoms with Gasteiger partial charge in [0.2, 0.25) is 5.88 Å². The molecule has 6 heteroatoms. The fourth-order valence-corrected chi connectivity index (χ4v) is 1.24. The van der Waals surface area contributed by atoms with E-state index < -0.39 is 5.82 Å². The molecule has 0 aliphatic rings. The normalized spacial score (nSPS) is 10.1. The molecule has 1 heterocycles. The van der Waals surface area contributed by atoms with Crippen molar-refractivity contribution in [2.45, 2.75) is 0 Å². The molecule has 0 saturated carbocycles. The molecule has 0 fully saturated rings. The molecule has 2 rings (SSSR count). The summed E-state index contributed by atoms with van der Waals surface area (Å²) in [6, 6.07) is 3.80. The molecule has 0 saturated heterocycles. The zero-order valence-electron chi connectivity index (χ0n) is 8.02. The molecule has 0 radical (unpaired) electrons. The molecule has 1 aromatic carbocycles. The lowest BCUT2D eigenvalue weighted by atomic mass is 10.3. The number of halogens is 2. The highest BCUT2D eigenvalue weighted by Gasteiger charge is 2.07. The Morgan fingerprint density at radius 3 is 2.88 bits per heavy atom. The van der Waals surface area contributed by atoms with Crippen LogP contribution in [-0.4, -0.2) is 9.97 Å². The van der Waals surface area contributed by atoms with Crippen LogP contribution in [0.25, 0.3) is 0 Å². The third-order valence-electron chi connectivity index (χ3n) is 1.81. The van der Waals surface area contributed by atoms with E-state index in [1.165, 1.54) is 24.7 Å². The van der Waals surface area contributed by atoms with E-state index in [1.807, 2.05) is 0 Å². The smallest absolute Gasteiger partial charge is 0.241 e. The van der Waals surface area contributed by atoms with Gasteiger partial charge in [-0.2, -0.15) is 0 Å². The second-order valence-electron chi connectivity index (χ2n) is 2.96. The van der Waals surface area contributed by atoms with Crippen LogP contribution in [0.5, 0.6) is 11.6 Å². The van der Waals surface area contributed by atoms with Gasteiger partial charge in [0.1, 0.15) is 17.2 Å². The van der Waals surface area contributed by atoms with Gasteiger partial charge in [-0.1, -0.05) is 11.6 Å². The third-order valence-corrected chi connectivity index (χ3v) is 2.07. The van der Waals surface area contributed by atoms with E-state index >= 15 is 0 Å². The largest absolute Gasteiger partial charge is 0.435 e. The lowest BCUT2D eigenvalue weighted by Gasteiger charge is -2.07. The minimum atomic E-state index is -0.432. The topological polar surface area (TPSA) is 61.0 Å². The molecule has 16 heavy (non-hydrogen) atoms. The van der Waals surface area contributed by atoms with Crippen molar-refractivity contribution in [1.29, 1.82) is 0 Å². The molecule has 0 spiro atoms. The van der Waals surface area contributed by atoms with E-state index in [0.29, 0.717) is 5.75 Å². The van der Waals surface area contributed by atoms with Crippen molar-refractivity contribution in [3.8, 4) is 11.6 Å². The second kappa shape index (κ2) is 4.32. The number of nitrogen functional groups attached to an aromatic ring is 1. The molecule has 4 nitrogen and oxygen atoms in total. The minimum absolute atomic E-state index is 0.176. The number of nitrogens with zero attached hydrogens (tertiary/aromatic N) is 2. The first-order valence-electron chi connectivity index (χ1n) is 4.35. The van der Waals surface area contributed by atoms with Gasteiger partial charge in [-0.15, -0.1) is 0 Å². The second-order valence-corrected chi connectivity index (χ2v) is 3.37. The molecular formula is C10H7ClFN3O. The Balaban J connectivity index is 2.31. The summed E-state index contributed by atoms with van der Waals surface area (Å²) in [7, 11) is 0. The van der Waals surface area contributed by atoms with E-state index in [1.54, 1.807) is 0 Å². The summed E-state index contributed by atoms with van der Waals surface area (Å²) in [5.74, 6) is 0.0376. The van der Waals surface area contributed by atoms with Crippen molar-refractivity contribution in [3.63, 3.8) is 0 Å².